The molecule has 2 rings (SSSR count). The fourth-order valence-corrected chi connectivity index (χ4v) is 4.78. The maximum Gasteiger partial charge on any atom is 0.247 e. The molecule has 8 nitrogen and oxygen atoms in total. The van der Waals surface area contributed by atoms with Gasteiger partial charge in [-0.25, -0.2) is 5.48 Å². The minimum Gasteiger partial charge on any atom is -0.319 e. The van der Waals surface area contributed by atoms with Gasteiger partial charge in [-0.15, -0.1) is 0 Å². The van der Waals surface area contributed by atoms with Gasteiger partial charge < -0.3 is 10.6 Å². The molecule has 0 spiro atoms. The summed E-state index contributed by atoms with van der Waals surface area (Å²) >= 11 is 0. The topological polar surface area (TPSA) is 105 Å². The number of nitrogens with two attached hydrogens (primary N) is 1. The van der Waals surface area contributed by atoms with Crippen molar-refractivity contribution in [2.45, 2.75) is 79.4 Å². The Morgan fingerprint density at radius 2 is 1.68 bits per heavy atom. The molecule has 0 radical (unpaired) electrons. The number of benzene rings is 1. The lowest BCUT2D eigenvalue weighted by molar-refractivity contribution is -0.154. The Bertz CT molecular complexity index is 862. The first-order valence-corrected chi connectivity index (χ1v) is 13.7. The lowest BCUT2D eigenvalue weighted by atomic mass is 9.80. The maximum absolute atomic E-state index is 13.7. The summed E-state index contributed by atoms with van der Waals surface area (Å²) in [6.45, 7) is 12.9. The van der Waals surface area contributed by atoms with Crippen LogP contribution in [0.5, 0.6) is 0 Å². The summed E-state index contributed by atoms with van der Waals surface area (Å²) < 4.78 is 0. The van der Waals surface area contributed by atoms with Crippen molar-refractivity contribution < 1.29 is 19.2 Å². The SMILES string of the molecule is CC(C)C[C@@H](C(=O)N(C)C(=O)[C@@H](N)C(C)(C)C)C(CCCN1CCCC1)C(=O)NOCc1ccccc1. The molecule has 1 aliphatic heterocycles. The van der Waals surface area contributed by atoms with E-state index >= 15 is 0 Å². The molecule has 0 aliphatic carbocycles. The van der Waals surface area contributed by atoms with Gasteiger partial charge in [-0.05, 0) is 68.6 Å². The molecule has 208 valence electrons. The van der Waals surface area contributed by atoms with Crippen LogP contribution in [0, 0.1) is 23.2 Å². The van der Waals surface area contributed by atoms with Gasteiger partial charge >= 0.3 is 0 Å². The normalized spacial score (nSPS) is 16.9. The standard InChI is InChI=1S/C29H48N4O4/c1-21(2)19-24(27(35)32(6)28(36)25(30)29(3,4)5)23(15-12-18-33-16-10-11-17-33)26(34)31-37-20-22-13-8-7-9-14-22/h7-9,13-14,21,23-25H,10-12,15-20,30H2,1-6H3,(H,31,34)/t23?,24-,25-/m1/s1. The maximum atomic E-state index is 13.7. The molecule has 1 aromatic carbocycles. The van der Waals surface area contributed by atoms with Crippen LogP contribution < -0.4 is 11.2 Å². The van der Waals surface area contributed by atoms with Crippen molar-refractivity contribution in [3.05, 3.63) is 35.9 Å². The highest BCUT2D eigenvalue weighted by molar-refractivity contribution is 6.00. The number of imide groups is 1. The van der Waals surface area contributed by atoms with Crippen LogP contribution in [-0.4, -0.2) is 60.2 Å². The van der Waals surface area contributed by atoms with Crippen molar-refractivity contribution in [1.82, 2.24) is 15.3 Å². The summed E-state index contributed by atoms with van der Waals surface area (Å²) in [5, 5.41) is 0. The first kappa shape index (κ1) is 30.9. The molecule has 1 saturated heterocycles. The third kappa shape index (κ3) is 9.83. The van der Waals surface area contributed by atoms with Gasteiger partial charge in [0.25, 0.3) is 0 Å². The van der Waals surface area contributed by atoms with E-state index < -0.39 is 29.2 Å². The number of hydroxylamine groups is 1. The number of hydrogen-bond donors (Lipinski definition) is 2. The lowest BCUT2D eigenvalue weighted by Gasteiger charge is -2.33. The van der Waals surface area contributed by atoms with Gasteiger partial charge in [-0.3, -0.25) is 24.1 Å². The van der Waals surface area contributed by atoms with Gasteiger partial charge in [0.15, 0.2) is 0 Å². The summed E-state index contributed by atoms with van der Waals surface area (Å²) in [4.78, 5) is 49.3. The summed E-state index contributed by atoms with van der Waals surface area (Å²) in [7, 11) is 1.48. The number of amides is 3. The largest absolute Gasteiger partial charge is 0.319 e. The Morgan fingerprint density at radius 3 is 2.24 bits per heavy atom. The van der Waals surface area contributed by atoms with E-state index in [9.17, 15) is 14.4 Å². The molecule has 37 heavy (non-hydrogen) atoms. The van der Waals surface area contributed by atoms with Gasteiger partial charge in [-0.1, -0.05) is 65.0 Å². The van der Waals surface area contributed by atoms with Crippen LogP contribution in [0.1, 0.15) is 72.3 Å². The number of likely N-dealkylation sites (N-methyl/N-ethyl adjacent to an activating group) is 1. The van der Waals surface area contributed by atoms with E-state index in [1.165, 1.54) is 19.9 Å². The van der Waals surface area contributed by atoms with Gasteiger partial charge in [0.05, 0.1) is 24.5 Å². The zero-order valence-electron chi connectivity index (χ0n) is 23.7. The van der Waals surface area contributed by atoms with Crippen LogP contribution in [0.4, 0.5) is 0 Å². The molecule has 1 heterocycles. The van der Waals surface area contributed by atoms with E-state index in [4.69, 9.17) is 10.6 Å². The van der Waals surface area contributed by atoms with E-state index in [0.29, 0.717) is 12.8 Å². The second-order valence-corrected chi connectivity index (χ2v) is 11.9. The van der Waals surface area contributed by atoms with Crippen molar-refractivity contribution in [1.29, 1.82) is 0 Å². The number of carbonyl (C=O) groups is 3. The lowest BCUT2D eigenvalue weighted by Crippen LogP contribution is -2.53. The number of hydrogen-bond acceptors (Lipinski definition) is 6. The monoisotopic (exact) mass is 516 g/mol. The zero-order valence-corrected chi connectivity index (χ0v) is 23.7. The predicted molar refractivity (Wildman–Crippen MR) is 146 cm³/mol. The van der Waals surface area contributed by atoms with Gasteiger partial charge in [-0.2, -0.15) is 0 Å². The van der Waals surface area contributed by atoms with Crippen LogP contribution >= 0.6 is 0 Å². The molecule has 0 saturated carbocycles. The fourth-order valence-electron chi connectivity index (χ4n) is 4.78. The summed E-state index contributed by atoms with van der Waals surface area (Å²) in [5.41, 5.74) is 9.24. The third-order valence-corrected chi connectivity index (χ3v) is 7.17. The number of rotatable bonds is 13. The molecule has 1 aliphatic rings. The Labute approximate surface area is 223 Å². The number of likely N-dealkylation sites (tertiary alicyclic amines) is 1. The van der Waals surface area contributed by atoms with E-state index in [1.807, 2.05) is 65.0 Å². The highest BCUT2D eigenvalue weighted by atomic mass is 16.6. The molecule has 1 fully saturated rings. The van der Waals surface area contributed by atoms with Crippen molar-refractivity contribution >= 4 is 17.7 Å². The fraction of sp³-hybridized carbons (Fsp3) is 0.690. The van der Waals surface area contributed by atoms with Gasteiger partial charge in [0.1, 0.15) is 0 Å². The van der Waals surface area contributed by atoms with Crippen LogP contribution in [0.2, 0.25) is 0 Å². The summed E-state index contributed by atoms with van der Waals surface area (Å²) in [6.07, 6.45) is 4.21. The van der Waals surface area contributed by atoms with E-state index in [-0.39, 0.29) is 24.3 Å². The highest BCUT2D eigenvalue weighted by Gasteiger charge is 2.39. The summed E-state index contributed by atoms with van der Waals surface area (Å²) in [6, 6.07) is 8.76. The Hall–Kier alpha value is -2.29. The van der Waals surface area contributed by atoms with Gasteiger partial charge in [0.2, 0.25) is 17.7 Å². The van der Waals surface area contributed by atoms with E-state index in [2.05, 4.69) is 10.4 Å². The van der Waals surface area contributed by atoms with E-state index in [0.717, 1.165) is 36.5 Å². The Kier molecular flexibility index (Phi) is 12.2. The quantitative estimate of drug-likeness (QED) is 0.387. The molecule has 1 aromatic rings. The Morgan fingerprint density at radius 1 is 1.05 bits per heavy atom. The van der Waals surface area contributed by atoms with Crippen molar-refractivity contribution in [3.63, 3.8) is 0 Å². The van der Waals surface area contributed by atoms with Crippen LogP contribution in [-0.2, 0) is 25.8 Å². The van der Waals surface area contributed by atoms with Crippen LogP contribution in [0.15, 0.2) is 30.3 Å². The number of carbonyl (C=O) groups excluding carboxylic acids is 3. The smallest absolute Gasteiger partial charge is 0.247 e. The van der Waals surface area contributed by atoms with Crippen molar-refractivity contribution in [2.75, 3.05) is 26.7 Å². The Balaban J connectivity index is 2.19. The highest BCUT2D eigenvalue weighted by Crippen LogP contribution is 2.29. The molecule has 8 heteroatoms. The summed E-state index contributed by atoms with van der Waals surface area (Å²) in [5.74, 6) is -2.22. The molecule has 3 amide bonds. The molecular weight excluding hydrogens is 468 g/mol. The van der Waals surface area contributed by atoms with E-state index in [1.54, 1.807) is 0 Å². The molecule has 1 unspecified atom stereocenters. The average Bonchev–Trinajstić information content (AvgIpc) is 3.37. The predicted octanol–water partition coefficient (Wildman–Crippen LogP) is 3.75. The molecular formula is C29H48N4O4. The number of nitrogens with zero attached hydrogens (tertiary/aromatic N) is 2. The average molecular weight is 517 g/mol. The van der Waals surface area contributed by atoms with Crippen LogP contribution in [0.25, 0.3) is 0 Å². The van der Waals surface area contributed by atoms with Gasteiger partial charge in [0, 0.05) is 7.05 Å². The van der Waals surface area contributed by atoms with Crippen LogP contribution in [0.3, 0.4) is 0 Å². The first-order valence-electron chi connectivity index (χ1n) is 13.7. The minimum atomic E-state index is -0.821. The first-order chi connectivity index (χ1) is 17.4. The second kappa shape index (κ2) is 14.6. The molecule has 0 bridgehead atoms. The third-order valence-electron chi connectivity index (χ3n) is 7.17. The molecule has 0 aromatic heterocycles. The zero-order chi connectivity index (χ0) is 27.6. The van der Waals surface area contributed by atoms with Crippen molar-refractivity contribution in [2.24, 2.45) is 28.9 Å². The minimum absolute atomic E-state index is 0.160. The van der Waals surface area contributed by atoms with Crippen molar-refractivity contribution in [3.8, 4) is 0 Å². The second-order valence-electron chi connectivity index (χ2n) is 11.9. The molecule has 3 atom stereocenters. The number of nitrogens with one attached hydrogen (secondary N) is 1. The molecule has 3 N–H and O–H groups in total.